The zero-order valence-corrected chi connectivity index (χ0v) is 11.0. The maximum Gasteiger partial charge on any atom is 0.146 e. The van der Waals surface area contributed by atoms with Crippen LogP contribution in [0, 0.1) is 5.82 Å². The maximum atomic E-state index is 13.7. The summed E-state index contributed by atoms with van der Waals surface area (Å²) in [7, 11) is 1.67. The Morgan fingerprint density at radius 3 is 2.76 bits per heavy atom. The quantitative estimate of drug-likeness (QED) is 0.830. The fourth-order valence-corrected chi connectivity index (χ4v) is 1.78. The van der Waals surface area contributed by atoms with Crippen LogP contribution in [-0.2, 0) is 4.74 Å². The van der Waals surface area contributed by atoms with Crippen LogP contribution in [0.1, 0.15) is 38.8 Å². The molecule has 1 unspecified atom stereocenters. The molecule has 1 aromatic heterocycles. The minimum absolute atomic E-state index is 0.0575. The first kappa shape index (κ1) is 14.1. The lowest BCUT2D eigenvalue weighted by atomic mass is 9.94. The molecule has 1 heterocycles. The number of ether oxygens (including phenoxy) is 1. The minimum atomic E-state index is -0.289. The zero-order chi connectivity index (χ0) is 12.9. The molecule has 0 bridgehead atoms. The molecule has 1 atom stereocenters. The largest absolute Gasteiger partial charge is 0.379 e. The average Bonchev–Trinajstić information content (AvgIpc) is 2.29. The van der Waals surface area contributed by atoms with Crippen molar-refractivity contribution in [1.29, 1.82) is 0 Å². The van der Waals surface area contributed by atoms with Gasteiger partial charge in [0.25, 0.3) is 0 Å². The van der Waals surface area contributed by atoms with Crippen molar-refractivity contribution in [2.24, 2.45) is 0 Å². The molecule has 1 rings (SSSR count). The fourth-order valence-electron chi connectivity index (χ4n) is 1.78. The predicted molar refractivity (Wildman–Crippen MR) is 66.3 cm³/mol. The van der Waals surface area contributed by atoms with E-state index in [2.05, 4.69) is 10.3 Å². The summed E-state index contributed by atoms with van der Waals surface area (Å²) >= 11 is 0. The van der Waals surface area contributed by atoms with Crippen LogP contribution in [0.2, 0.25) is 0 Å². The molecular weight excluding hydrogens is 219 g/mol. The lowest BCUT2D eigenvalue weighted by Gasteiger charge is -2.29. The van der Waals surface area contributed by atoms with Crippen LogP contribution in [0.4, 0.5) is 4.39 Å². The topological polar surface area (TPSA) is 34.1 Å². The van der Waals surface area contributed by atoms with Gasteiger partial charge < -0.3 is 10.1 Å². The zero-order valence-electron chi connectivity index (χ0n) is 11.0. The van der Waals surface area contributed by atoms with Gasteiger partial charge in [0.15, 0.2) is 0 Å². The molecule has 96 valence electrons. The molecule has 0 radical (unpaired) electrons. The lowest BCUT2D eigenvalue weighted by molar-refractivity contribution is 0.00670. The molecule has 4 heteroatoms. The second kappa shape index (κ2) is 6.07. The highest BCUT2D eigenvalue weighted by Gasteiger charge is 2.25. The fraction of sp³-hybridized carbons (Fsp3) is 0.615. The summed E-state index contributed by atoms with van der Waals surface area (Å²) in [4.78, 5) is 3.77. The molecule has 17 heavy (non-hydrogen) atoms. The summed E-state index contributed by atoms with van der Waals surface area (Å²) in [5.74, 6) is -0.273. The summed E-state index contributed by atoms with van der Waals surface area (Å²) in [5.41, 5.74) is 0.356. The van der Waals surface area contributed by atoms with Crippen LogP contribution < -0.4 is 5.32 Å². The van der Waals surface area contributed by atoms with E-state index >= 15 is 0 Å². The number of nitrogens with one attached hydrogen (secondary N) is 1. The Balaban J connectivity index is 2.90. The first-order chi connectivity index (χ1) is 8.00. The molecule has 0 saturated heterocycles. The Hall–Kier alpha value is -1.00. The van der Waals surface area contributed by atoms with Crippen molar-refractivity contribution in [3.05, 3.63) is 29.8 Å². The number of methoxy groups -OCH3 is 1. The molecule has 3 nitrogen and oxygen atoms in total. The number of hydrogen-bond acceptors (Lipinski definition) is 3. The summed E-state index contributed by atoms with van der Waals surface area (Å²) in [6.45, 7) is 6.78. The Labute approximate surface area is 102 Å². The molecule has 1 N–H and O–H groups in total. The van der Waals surface area contributed by atoms with Crippen LogP contribution in [0.3, 0.4) is 0 Å². The van der Waals surface area contributed by atoms with Gasteiger partial charge >= 0.3 is 0 Å². The van der Waals surface area contributed by atoms with Crippen LogP contribution in [0.5, 0.6) is 0 Å². The SMILES string of the molecule is CCNC(CC(C)(C)OC)c1ccncc1F. The van der Waals surface area contributed by atoms with Gasteiger partial charge in [0, 0.05) is 24.9 Å². The summed E-state index contributed by atoms with van der Waals surface area (Å²) < 4.78 is 19.1. The van der Waals surface area contributed by atoms with E-state index < -0.39 is 0 Å². The highest BCUT2D eigenvalue weighted by Crippen LogP contribution is 2.27. The van der Waals surface area contributed by atoms with E-state index in [4.69, 9.17) is 4.74 Å². The van der Waals surface area contributed by atoms with E-state index in [0.717, 1.165) is 6.54 Å². The van der Waals surface area contributed by atoms with Crippen LogP contribution >= 0.6 is 0 Å². The number of pyridine rings is 1. The van der Waals surface area contributed by atoms with Crippen molar-refractivity contribution in [3.63, 3.8) is 0 Å². The molecule has 0 spiro atoms. The highest BCUT2D eigenvalue weighted by molar-refractivity contribution is 5.18. The number of hydrogen-bond donors (Lipinski definition) is 1. The van der Waals surface area contributed by atoms with Crippen molar-refractivity contribution < 1.29 is 9.13 Å². The predicted octanol–water partition coefficient (Wildman–Crippen LogP) is 2.69. The van der Waals surface area contributed by atoms with Crippen molar-refractivity contribution in [1.82, 2.24) is 10.3 Å². The van der Waals surface area contributed by atoms with Crippen LogP contribution in [0.15, 0.2) is 18.5 Å². The molecule has 0 amide bonds. The molecular formula is C13H21FN2O. The second-order valence-electron chi connectivity index (χ2n) is 4.68. The molecule has 0 aliphatic carbocycles. The van der Waals surface area contributed by atoms with Gasteiger partial charge in [0.05, 0.1) is 11.8 Å². The van der Waals surface area contributed by atoms with Gasteiger partial charge in [0.1, 0.15) is 5.82 Å². The first-order valence-corrected chi connectivity index (χ1v) is 5.88. The molecule has 0 fully saturated rings. The Morgan fingerprint density at radius 1 is 1.53 bits per heavy atom. The van der Waals surface area contributed by atoms with Gasteiger partial charge in [-0.15, -0.1) is 0 Å². The van der Waals surface area contributed by atoms with E-state index in [-0.39, 0.29) is 17.5 Å². The van der Waals surface area contributed by atoms with Crippen LogP contribution in [0.25, 0.3) is 0 Å². The Morgan fingerprint density at radius 2 is 2.24 bits per heavy atom. The highest BCUT2D eigenvalue weighted by atomic mass is 19.1. The van der Waals surface area contributed by atoms with E-state index in [1.54, 1.807) is 19.4 Å². The second-order valence-corrected chi connectivity index (χ2v) is 4.68. The standard InChI is InChI=1S/C13H21FN2O/c1-5-16-12(8-13(2,3)17-4)10-6-7-15-9-11(10)14/h6-7,9,12,16H,5,8H2,1-4H3. The maximum absolute atomic E-state index is 13.7. The smallest absolute Gasteiger partial charge is 0.146 e. The normalized spacial score (nSPS) is 13.7. The molecule has 0 aliphatic rings. The number of rotatable bonds is 6. The monoisotopic (exact) mass is 240 g/mol. The van der Waals surface area contributed by atoms with Gasteiger partial charge in [-0.3, -0.25) is 4.98 Å². The summed E-state index contributed by atoms with van der Waals surface area (Å²) in [5, 5.41) is 3.28. The Bertz CT molecular complexity index is 355. The van der Waals surface area contributed by atoms with E-state index in [0.29, 0.717) is 12.0 Å². The third-order valence-electron chi connectivity index (χ3n) is 2.88. The third kappa shape index (κ3) is 4.06. The number of nitrogens with zero attached hydrogens (tertiary/aromatic N) is 1. The van der Waals surface area contributed by atoms with Crippen molar-refractivity contribution in [2.45, 2.75) is 38.8 Å². The molecule has 0 aromatic carbocycles. The van der Waals surface area contributed by atoms with E-state index in [1.165, 1.54) is 6.20 Å². The van der Waals surface area contributed by atoms with Gasteiger partial charge in [-0.25, -0.2) is 4.39 Å². The van der Waals surface area contributed by atoms with Crippen molar-refractivity contribution in [2.75, 3.05) is 13.7 Å². The van der Waals surface area contributed by atoms with Crippen molar-refractivity contribution in [3.8, 4) is 0 Å². The van der Waals surface area contributed by atoms with Gasteiger partial charge in [0.2, 0.25) is 0 Å². The molecule has 1 aromatic rings. The van der Waals surface area contributed by atoms with E-state index in [1.807, 2.05) is 20.8 Å². The molecule has 0 saturated carbocycles. The van der Waals surface area contributed by atoms with Gasteiger partial charge in [-0.05, 0) is 32.9 Å². The summed E-state index contributed by atoms with van der Waals surface area (Å²) in [6.07, 6.45) is 3.57. The van der Waals surface area contributed by atoms with Gasteiger partial charge in [-0.2, -0.15) is 0 Å². The van der Waals surface area contributed by atoms with E-state index in [9.17, 15) is 4.39 Å². The minimum Gasteiger partial charge on any atom is -0.379 e. The van der Waals surface area contributed by atoms with Crippen LogP contribution in [-0.4, -0.2) is 24.2 Å². The third-order valence-corrected chi connectivity index (χ3v) is 2.88. The first-order valence-electron chi connectivity index (χ1n) is 5.88. The van der Waals surface area contributed by atoms with Crippen molar-refractivity contribution >= 4 is 0 Å². The average molecular weight is 240 g/mol. The Kier molecular flexibility index (Phi) is 5.02. The number of aromatic nitrogens is 1. The summed E-state index contributed by atoms with van der Waals surface area (Å²) in [6, 6.07) is 1.66. The lowest BCUT2D eigenvalue weighted by Crippen LogP contribution is -2.32. The number of halogens is 1. The van der Waals surface area contributed by atoms with Gasteiger partial charge in [-0.1, -0.05) is 6.92 Å². The molecule has 0 aliphatic heterocycles.